The summed E-state index contributed by atoms with van der Waals surface area (Å²) in [4.78, 5) is 33.1. The summed E-state index contributed by atoms with van der Waals surface area (Å²) in [5.74, 6) is -1.44. The summed E-state index contributed by atoms with van der Waals surface area (Å²) in [6, 6.07) is 0. The van der Waals surface area contributed by atoms with E-state index in [9.17, 15) is 14.4 Å². The SMILES string of the molecule is CCn1c(=O)c(C(=O)O)nn(C)c1=O. The average molecular weight is 199 g/mol. The highest BCUT2D eigenvalue weighted by atomic mass is 16.4. The summed E-state index contributed by atoms with van der Waals surface area (Å²) in [5.41, 5.74) is -2.14. The van der Waals surface area contributed by atoms with Crippen LogP contribution in [-0.4, -0.2) is 25.4 Å². The highest BCUT2D eigenvalue weighted by molar-refractivity contribution is 5.84. The van der Waals surface area contributed by atoms with Crippen LogP contribution in [0.25, 0.3) is 0 Å². The van der Waals surface area contributed by atoms with Crippen molar-refractivity contribution in [2.24, 2.45) is 7.05 Å². The minimum atomic E-state index is -1.44. The summed E-state index contributed by atoms with van der Waals surface area (Å²) in [7, 11) is 1.29. The molecule has 76 valence electrons. The predicted octanol–water partition coefficient (Wildman–Crippen LogP) is -1.34. The van der Waals surface area contributed by atoms with E-state index in [0.717, 1.165) is 9.25 Å². The number of aromatic nitrogens is 3. The lowest BCUT2D eigenvalue weighted by molar-refractivity contribution is 0.0683. The Bertz CT molecular complexity index is 485. The predicted molar refractivity (Wildman–Crippen MR) is 46.4 cm³/mol. The lowest BCUT2D eigenvalue weighted by Crippen LogP contribution is -2.43. The summed E-state index contributed by atoms with van der Waals surface area (Å²) in [5, 5.41) is 12.0. The highest BCUT2D eigenvalue weighted by Gasteiger charge is 2.15. The van der Waals surface area contributed by atoms with E-state index >= 15 is 0 Å². The minimum absolute atomic E-state index is 0.119. The summed E-state index contributed by atoms with van der Waals surface area (Å²) >= 11 is 0. The molecule has 1 heterocycles. The molecular weight excluding hydrogens is 190 g/mol. The van der Waals surface area contributed by atoms with E-state index in [4.69, 9.17) is 5.11 Å². The molecular formula is C7H9N3O4. The van der Waals surface area contributed by atoms with Crippen molar-refractivity contribution >= 4 is 5.97 Å². The molecule has 0 amide bonds. The van der Waals surface area contributed by atoms with Gasteiger partial charge in [-0.3, -0.25) is 9.36 Å². The van der Waals surface area contributed by atoms with Gasteiger partial charge in [-0.25, -0.2) is 14.3 Å². The fourth-order valence-electron chi connectivity index (χ4n) is 1.04. The Balaban J connectivity index is 3.68. The van der Waals surface area contributed by atoms with Crippen LogP contribution in [0.15, 0.2) is 9.59 Å². The quantitative estimate of drug-likeness (QED) is 0.636. The molecule has 0 aliphatic carbocycles. The molecule has 1 aromatic rings. The molecule has 0 bridgehead atoms. The molecule has 0 atom stereocenters. The number of nitrogens with zero attached hydrogens (tertiary/aromatic N) is 3. The Kier molecular flexibility index (Phi) is 2.50. The van der Waals surface area contributed by atoms with E-state index < -0.39 is 22.9 Å². The number of hydrogen-bond donors (Lipinski definition) is 1. The van der Waals surface area contributed by atoms with Gasteiger partial charge in [0, 0.05) is 13.6 Å². The van der Waals surface area contributed by atoms with Gasteiger partial charge in [0.2, 0.25) is 5.69 Å². The number of carboxylic acids is 1. The third kappa shape index (κ3) is 1.43. The Hall–Kier alpha value is -1.92. The number of rotatable bonds is 2. The first-order valence-electron chi connectivity index (χ1n) is 3.90. The molecule has 0 aliphatic heterocycles. The number of aromatic carboxylic acids is 1. The second-order valence-corrected chi connectivity index (χ2v) is 2.61. The van der Waals surface area contributed by atoms with E-state index in [-0.39, 0.29) is 6.54 Å². The van der Waals surface area contributed by atoms with Crippen LogP contribution >= 0.6 is 0 Å². The van der Waals surface area contributed by atoms with Crippen molar-refractivity contribution < 1.29 is 9.90 Å². The van der Waals surface area contributed by atoms with Crippen LogP contribution in [0, 0.1) is 0 Å². The molecule has 1 aromatic heterocycles. The van der Waals surface area contributed by atoms with Crippen molar-refractivity contribution in [2.45, 2.75) is 13.5 Å². The van der Waals surface area contributed by atoms with Crippen LogP contribution in [-0.2, 0) is 13.6 Å². The first kappa shape index (κ1) is 10.2. The lowest BCUT2D eigenvalue weighted by Gasteiger charge is -2.03. The maximum absolute atomic E-state index is 11.3. The summed E-state index contributed by atoms with van der Waals surface area (Å²) in [6.45, 7) is 1.70. The maximum Gasteiger partial charge on any atom is 0.362 e. The molecule has 0 fully saturated rings. The van der Waals surface area contributed by atoms with Gasteiger partial charge in [0.05, 0.1) is 0 Å². The van der Waals surface area contributed by atoms with Gasteiger partial charge in [0.1, 0.15) is 0 Å². The number of carboxylic acid groups (broad SMARTS) is 1. The molecule has 7 nitrogen and oxygen atoms in total. The Morgan fingerprint density at radius 2 is 2.07 bits per heavy atom. The monoisotopic (exact) mass is 199 g/mol. The normalized spacial score (nSPS) is 10.1. The van der Waals surface area contributed by atoms with E-state index in [1.165, 1.54) is 7.05 Å². The highest BCUT2D eigenvalue weighted by Crippen LogP contribution is 1.81. The molecule has 0 aliphatic rings. The van der Waals surface area contributed by atoms with Crippen LogP contribution in [0.1, 0.15) is 17.4 Å². The van der Waals surface area contributed by atoms with E-state index in [2.05, 4.69) is 5.10 Å². The van der Waals surface area contributed by atoms with Gasteiger partial charge < -0.3 is 5.11 Å². The molecule has 0 spiro atoms. The first-order valence-corrected chi connectivity index (χ1v) is 3.90. The van der Waals surface area contributed by atoms with Crippen molar-refractivity contribution in [3.8, 4) is 0 Å². The van der Waals surface area contributed by atoms with Crippen molar-refractivity contribution in [2.75, 3.05) is 0 Å². The van der Waals surface area contributed by atoms with Crippen molar-refractivity contribution in [3.05, 3.63) is 26.5 Å². The van der Waals surface area contributed by atoms with E-state index in [1.54, 1.807) is 6.92 Å². The number of hydrogen-bond acceptors (Lipinski definition) is 4. The Morgan fingerprint density at radius 1 is 1.50 bits per heavy atom. The first-order chi connectivity index (χ1) is 6.49. The molecule has 7 heteroatoms. The Morgan fingerprint density at radius 3 is 2.50 bits per heavy atom. The summed E-state index contributed by atoms with van der Waals surface area (Å²) < 4.78 is 1.64. The van der Waals surface area contributed by atoms with Crippen LogP contribution in [0.5, 0.6) is 0 Å². The van der Waals surface area contributed by atoms with Gasteiger partial charge in [-0.1, -0.05) is 0 Å². The molecule has 14 heavy (non-hydrogen) atoms. The van der Waals surface area contributed by atoms with Gasteiger partial charge in [-0.05, 0) is 6.92 Å². The van der Waals surface area contributed by atoms with Gasteiger partial charge in [-0.15, -0.1) is 0 Å². The second-order valence-electron chi connectivity index (χ2n) is 2.61. The minimum Gasteiger partial charge on any atom is -0.476 e. The zero-order valence-electron chi connectivity index (χ0n) is 7.72. The van der Waals surface area contributed by atoms with Gasteiger partial charge in [-0.2, -0.15) is 5.10 Å². The van der Waals surface area contributed by atoms with Crippen molar-refractivity contribution in [3.63, 3.8) is 0 Å². The van der Waals surface area contributed by atoms with Gasteiger partial charge >= 0.3 is 11.7 Å². The molecule has 0 unspecified atom stereocenters. The Labute approximate surface area is 78.2 Å². The molecule has 1 rings (SSSR count). The van der Waals surface area contributed by atoms with Crippen LogP contribution in [0.3, 0.4) is 0 Å². The van der Waals surface area contributed by atoms with E-state index in [0.29, 0.717) is 0 Å². The zero-order valence-corrected chi connectivity index (χ0v) is 7.72. The van der Waals surface area contributed by atoms with E-state index in [1.807, 2.05) is 0 Å². The fraction of sp³-hybridized carbons (Fsp3) is 0.429. The molecule has 0 saturated carbocycles. The molecule has 1 N–H and O–H groups in total. The number of aryl methyl sites for hydroxylation is 1. The van der Waals surface area contributed by atoms with Crippen molar-refractivity contribution in [1.82, 2.24) is 14.3 Å². The van der Waals surface area contributed by atoms with Crippen molar-refractivity contribution in [1.29, 1.82) is 0 Å². The molecule has 0 aromatic carbocycles. The topological polar surface area (TPSA) is 94.2 Å². The number of carbonyl (C=O) groups is 1. The molecule has 0 radical (unpaired) electrons. The second kappa shape index (κ2) is 3.44. The smallest absolute Gasteiger partial charge is 0.362 e. The average Bonchev–Trinajstić information content (AvgIpc) is 2.12. The third-order valence-electron chi connectivity index (χ3n) is 1.72. The lowest BCUT2D eigenvalue weighted by atomic mass is 10.4. The van der Waals surface area contributed by atoms with Gasteiger partial charge in [0.15, 0.2) is 0 Å². The largest absolute Gasteiger partial charge is 0.476 e. The fourth-order valence-corrected chi connectivity index (χ4v) is 1.04. The van der Waals surface area contributed by atoms with Gasteiger partial charge in [0.25, 0.3) is 5.56 Å². The standard InChI is InChI=1S/C7H9N3O4/c1-3-10-5(11)4(6(12)13)8-9(2)7(10)14/h3H2,1-2H3,(H,12,13). The van der Waals surface area contributed by atoms with Crippen LogP contribution in [0.4, 0.5) is 0 Å². The van der Waals surface area contributed by atoms with Crippen LogP contribution in [0.2, 0.25) is 0 Å². The van der Waals surface area contributed by atoms with Crippen LogP contribution < -0.4 is 11.2 Å². The summed E-state index contributed by atoms with van der Waals surface area (Å²) in [6.07, 6.45) is 0. The molecule has 0 saturated heterocycles. The zero-order chi connectivity index (χ0) is 10.9. The maximum atomic E-state index is 11.3. The third-order valence-corrected chi connectivity index (χ3v) is 1.72.